The molecule has 0 aliphatic rings. The van der Waals surface area contributed by atoms with E-state index in [0.717, 1.165) is 8.26 Å². The molecule has 0 amide bonds. The molecule has 17 heavy (non-hydrogen) atoms. The van der Waals surface area contributed by atoms with Crippen molar-refractivity contribution in [3.8, 4) is 5.75 Å². The normalized spacial score (nSPS) is 10.3. The lowest BCUT2D eigenvalue weighted by molar-refractivity contribution is 0.103. The summed E-state index contributed by atoms with van der Waals surface area (Å²) >= 11 is 8.19. The molecule has 0 saturated carbocycles. The van der Waals surface area contributed by atoms with Crippen LogP contribution in [0, 0.1) is 0 Å². The van der Waals surface area contributed by atoms with Gasteiger partial charge in [0.1, 0.15) is 5.75 Å². The van der Waals surface area contributed by atoms with Gasteiger partial charge in [-0.15, -0.1) is 11.3 Å². The second-order valence-electron chi connectivity index (χ2n) is 3.31. The lowest BCUT2D eigenvalue weighted by Crippen LogP contribution is -2.02. The minimum absolute atomic E-state index is 0.0369. The Balaban J connectivity index is 2.46. The van der Waals surface area contributed by atoms with E-state index in [4.69, 9.17) is 4.74 Å². The van der Waals surface area contributed by atoms with Crippen LogP contribution in [0.5, 0.6) is 5.75 Å². The Hall–Kier alpha value is -0.650. The van der Waals surface area contributed by atoms with Gasteiger partial charge >= 0.3 is 0 Å². The Kier molecular flexibility index (Phi) is 4.01. The second-order valence-corrected chi connectivity index (χ2v) is 6.52. The predicted octanol–water partition coefficient (Wildman–Crippen LogP) is 4.51. The number of rotatable bonds is 3. The van der Waals surface area contributed by atoms with Crippen molar-refractivity contribution >= 4 is 49.0 Å². The summed E-state index contributed by atoms with van der Waals surface area (Å²) < 4.78 is 7.00. The summed E-state index contributed by atoms with van der Waals surface area (Å²) in [7, 11) is 1.56. The lowest BCUT2D eigenvalue weighted by atomic mass is 10.1. The molecule has 0 saturated heterocycles. The highest BCUT2D eigenvalue weighted by atomic mass is 79.9. The number of benzene rings is 1. The van der Waals surface area contributed by atoms with E-state index in [2.05, 4.69) is 31.9 Å². The minimum Gasteiger partial charge on any atom is -0.496 e. The molecule has 5 heteroatoms. The van der Waals surface area contributed by atoms with E-state index >= 15 is 0 Å². The van der Waals surface area contributed by atoms with Crippen molar-refractivity contribution in [3.05, 3.63) is 49.0 Å². The van der Waals surface area contributed by atoms with Gasteiger partial charge in [0.25, 0.3) is 0 Å². The zero-order valence-electron chi connectivity index (χ0n) is 8.87. The molecular weight excluding hydrogens is 368 g/mol. The summed E-state index contributed by atoms with van der Waals surface area (Å²) in [4.78, 5) is 12.3. The fourth-order valence-corrected chi connectivity index (χ4v) is 2.94. The third-order valence-electron chi connectivity index (χ3n) is 2.24. The molecule has 1 aromatic heterocycles. The van der Waals surface area contributed by atoms with E-state index in [1.165, 1.54) is 11.3 Å². The highest BCUT2D eigenvalue weighted by molar-refractivity contribution is 9.11. The maximum absolute atomic E-state index is 12.3. The van der Waals surface area contributed by atoms with Crippen molar-refractivity contribution in [2.75, 3.05) is 7.11 Å². The number of hydrogen-bond acceptors (Lipinski definition) is 3. The summed E-state index contributed by atoms with van der Waals surface area (Å²) in [5.41, 5.74) is 1.23. The van der Waals surface area contributed by atoms with Crippen molar-refractivity contribution < 1.29 is 9.53 Å². The van der Waals surface area contributed by atoms with E-state index in [9.17, 15) is 4.79 Å². The summed E-state index contributed by atoms with van der Waals surface area (Å²) in [5.74, 6) is 0.547. The van der Waals surface area contributed by atoms with Crippen LogP contribution in [0.1, 0.15) is 15.9 Å². The fourth-order valence-electron chi connectivity index (χ4n) is 1.44. The van der Waals surface area contributed by atoms with Gasteiger partial charge in [0.05, 0.1) is 16.5 Å². The van der Waals surface area contributed by atoms with Crippen LogP contribution in [0.25, 0.3) is 0 Å². The number of methoxy groups -OCH3 is 1. The first kappa shape index (κ1) is 12.8. The van der Waals surface area contributed by atoms with Crippen LogP contribution in [-0.2, 0) is 0 Å². The predicted molar refractivity (Wildman–Crippen MR) is 76.1 cm³/mol. The molecule has 0 radical (unpaired) electrons. The second kappa shape index (κ2) is 5.33. The monoisotopic (exact) mass is 374 g/mol. The Morgan fingerprint density at radius 3 is 2.65 bits per heavy atom. The van der Waals surface area contributed by atoms with Crippen molar-refractivity contribution in [2.45, 2.75) is 0 Å². The van der Waals surface area contributed by atoms with Gasteiger partial charge in [-0.05, 0) is 40.2 Å². The van der Waals surface area contributed by atoms with Gasteiger partial charge in [0.15, 0.2) is 5.78 Å². The smallest absolute Gasteiger partial charge is 0.197 e. The molecule has 2 aromatic rings. The van der Waals surface area contributed by atoms with Crippen LogP contribution in [0.2, 0.25) is 0 Å². The molecule has 2 nitrogen and oxygen atoms in total. The number of halogens is 2. The lowest BCUT2D eigenvalue weighted by Gasteiger charge is -2.07. The first-order valence-electron chi connectivity index (χ1n) is 4.74. The molecule has 1 aromatic carbocycles. The van der Waals surface area contributed by atoms with E-state index in [1.54, 1.807) is 19.2 Å². The Bertz CT molecular complexity index is 563. The van der Waals surface area contributed by atoms with Crippen molar-refractivity contribution in [1.29, 1.82) is 0 Å². The zero-order valence-corrected chi connectivity index (χ0v) is 12.9. The quantitative estimate of drug-likeness (QED) is 0.737. The van der Waals surface area contributed by atoms with Gasteiger partial charge in [-0.3, -0.25) is 4.79 Å². The molecule has 0 fully saturated rings. The third-order valence-corrected chi connectivity index (χ3v) is 4.23. The maximum atomic E-state index is 12.3. The fraction of sp³-hybridized carbons (Fsp3) is 0.0833. The van der Waals surface area contributed by atoms with E-state index in [0.29, 0.717) is 16.9 Å². The van der Waals surface area contributed by atoms with E-state index in [1.807, 2.05) is 17.5 Å². The SMILES string of the molecule is COc1ccc(Br)cc1C(=O)c1csc(Br)c1. The van der Waals surface area contributed by atoms with Crippen LogP contribution in [0.4, 0.5) is 0 Å². The molecule has 0 aliphatic heterocycles. The van der Waals surface area contributed by atoms with Crippen molar-refractivity contribution in [3.63, 3.8) is 0 Å². The van der Waals surface area contributed by atoms with Gasteiger partial charge in [0, 0.05) is 15.4 Å². The van der Waals surface area contributed by atoms with Gasteiger partial charge < -0.3 is 4.74 Å². The third kappa shape index (κ3) is 2.78. The van der Waals surface area contributed by atoms with Gasteiger partial charge in [-0.25, -0.2) is 0 Å². The van der Waals surface area contributed by atoms with Crippen LogP contribution >= 0.6 is 43.2 Å². The number of hydrogen-bond donors (Lipinski definition) is 0. The number of carbonyl (C=O) groups is 1. The van der Waals surface area contributed by atoms with E-state index in [-0.39, 0.29) is 5.78 Å². The summed E-state index contributed by atoms with van der Waals surface area (Å²) in [5, 5.41) is 1.83. The summed E-state index contributed by atoms with van der Waals surface area (Å²) in [6.07, 6.45) is 0. The molecule has 2 rings (SSSR count). The maximum Gasteiger partial charge on any atom is 0.197 e. The average molecular weight is 376 g/mol. The molecule has 88 valence electrons. The summed E-state index contributed by atoms with van der Waals surface area (Å²) in [6, 6.07) is 7.21. The Morgan fingerprint density at radius 1 is 1.29 bits per heavy atom. The number of ketones is 1. The topological polar surface area (TPSA) is 26.3 Å². The van der Waals surface area contributed by atoms with Crippen molar-refractivity contribution in [2.24, 2.45) is 0 Å². The summed E-state index contributed by atoms with van der Waals surface area (Å²) in [6.45, 7) is 0. The minimum atomic E-state index is -0.0369. The molecule has 0 atom stereocenters. The number of ether oxygens (including phenoxy) is 1. The first-order valence-corrected chi connectivity index (χ1v) is 7.20. The van der Waals surface area contributed by atoms with Gasteiger partial charge in [-0.2, -0.15) is 0 Å². The van der Waals surface area contributed by atoms with Crippen LogP contribution in [0.15, 0.2) is 37.9 Å². The van der Waals surface area contributed by atoms with Crippen LogP contribution < -0.4 is 4.74 Å². The standard InChI is InChI=1S/C12H8Br2O2S/c1-16-10-3-2-8(13)5-9(10)12(15)7-4-11(14)17-6-7/h2-6H,1H3. The van der Waals surface area contributed by atoms with Crippen LogP contribution in [-0.4, -0.2) is 12.9 Å². The molecule has 0 aliphatic carbocycles. The largest absolute Gasteiger partial charge is 0.496 e. The van der Waals surface area contributed by atoms with E-state index < -0.39 is 0 Å². The Morgan fingerprint density at radius 2 is 2.06 bits per heavy atom. The van der Waals surface area contributed by atoms with Crippen molar-refractivity contribution in [1.82, 2.24) is 0 Å². The van der Waals surface area contributed by atoms with Gasteiger partial charge in [0.2, 0.25) is 0 Å². The van der Waals surface area contributed by atoms with Gasteiger partial charge in [-0.1, -0.05) is 15.9 Å². The molecule has 0 unspecified atom stereocenters. The highest BCUT2D eigenvalue weighted by Crippen LogP contribution is 2.28. The highest BCUT2D eigenvalue weighted by Gasteiger charge is 2.16. The molecule has 0 N–H and O–H groups in total. The molecule has 1 heterocycles. The molecular formula is C12H8Br2O2S. The van der Waals surface area contributed by atoms with Crippen LogP contribution in [0.3, 0.4) is 0 Å². The number of thiophene rings is 1. The molecule has 0 bridgehead atoms. The zero-order chi connectivity index (χ0) is 12.4. The number of carbonyl (C=O) groups excluding carboxylic acids is 1. The Labute approximate surface area is 120 Å². The first-order chi connectivity index (χ1) is 8.11. The average Bonchev–Trinajstić information content (AvgIpc) is 2.75. The molecule has 0 spiro atoms.